The van der Waals surface area contributed by atoms with E-state index in [2.05, 4.69) is 16.7 Å². The number of carbonyl (C=O) groups is 1. The standard InChI is InChI=1S/C16H16N2O2/c1-10-16(19)18-14-9-12(6-7-15(14)20-10)11-4-3-5-13(8-11)17-2/h3-10,17H,1-2H3,(H,18,19). The average Bonchev–Trinajstić information content (AvgIpc) is 2.48. The molecule has 3 rings (SSSR count). The van der Waals surface area contributed by atoms with Gasteiger partial charge in [0.15, 0.2) is 6.10 Å². The van der Waals surface area contributed by atoms with E-state index in [1.54, 1.807) is 6.92 Å². The molecule has 1 atom stereocenters. The maximum Gasteiger partial charge on any atom is 0.265 e. The molecule has 4 nitrogen and oxygen atoms in total. The molecule has 1 heterocycles. The highest BCUT2D eigenvalue weighted by molar-refractivity contribution is 5.98. The Labute approximate surface area is 117 Å². The monoisotopic (exact) mass is 268 g/mol. The first-order chi connectivity index (χ1) is 9.67. The molecule has 102 valence electrons. The van der Waals surface area contributed by atoms with Crippen LogP contribution in [0.1, 0.15) is 6.92 Å². The molecule has 0 bridgehead atoms. The van der Waals surface area contributed by atoms with Crippen molar-refractivity contribution in [2.45, 2.75) is 13.0 Å². The van der Waals surface area contributed by atoms with Gasteiger partial charge in [0.1, 0.15) is 5.75 Å². The predicted molar refractivity (Wildman–Crippen MR) is 80.1 cm³/mol. The summed E-state index contributed by atoms with van der Waals surface area (Å²) >= 11 is 0. The molecule has 0 fully saturated rings. The second-order valence-electron chi connectivity index (χ2n) is 4.79. The molecule has 0 saturated heterocycles. The highest BCUT2D eigenvalue weighted by Gasteiger charge is 2.23. The number of hydrogen-bond acceptors (Lipinski definition) is 3. The van der Waals surface area contributed by atoms with Crippen LogP contribution >= 0.6 is 0 Å². The van der Waals surface area contributed by atoms with Gasteiger partial charge in [0.2, 0.25) is 0 Å². The van der Waals surface area contributed by atoms with Gasteiger partial charge < -0.3 is 15.4 Å². The fraction of sp³-hybridized carbons (Fsp3) is 0.188. The van der Waals surface area contributed by atoms with E-state index in [-0.39, 0.29) is 5.91 Å². The summed E-state index contributed by atoms with van der Waals surface area (Å²) in [6.45, 7) is 1.74. The smallest absolute Gasteiger partial charge is 0.265 e. The number of benzene rings is 2. The fourth-order valence-electron chi connectivity index (χ4n) is 2.24. The van der Waals surface area contributed by atoms with Crippen LogP contribution in [0, 0.1) is 0 Å². The number of carbonyl (C=O) groups excluding carboxylic acids is 1. The van der Waals surface area contributed by atoms with E-state index in [9.17, 15) is 4.79 Å². The van der Waals surface area contributed by atoms with Crippen LogP contribution in [0.2, 0.25) is 0 Å². The van der Waals surface area contributed by atoms with E-state index in [4.69, 9.17) is 4.74 Å². The molecule has 2 aromatic carbocycles. The maximum absolute atomic E-state index is 11.7. The molecule has 1 amide bonds. The lowest BCUT2D eigenvalue weighted by molar-refractivity contribution is -0.122. The number of anilines is 2. The Hall–Kier alpha value is -2.49. The topological polar surface area (TPSA) is 50.4 Å². The van der Waals surface area contributed by atoms with Crippen LogP contribution in [0.15, 0.2) is 42.5 Å². The van der Waals surface area contributed by atoms with Crippen molar-refractivity contribution in [2.24, 2.45) is 0 Å². The fourth-order valence-corrected chi connectivity index (χ4v) is 2.24. The normalized spacial score (nSPS) is 16.9. The lowest BCUT2D eigenvalue weighted by atomic mass is 10.0. The van der Waals surface area contributed by atoms with Crippen molar-refractivity contribution in [3.05, 3.63) is 42.5 Å². The van der Waals surface area contributed by atoms with Gasteiger partial charge in [-0.2, -0.15) is 0 Å². The Balaban J connectivity index is 2.00. The third-order valence-electron chi connectivity index (χ3n) is 3.39. The largest absolute Gasteiger partial charge is 0.479 e. The summed E-state index contributed by atoms with van der Waals surface area (Å²) in [6.07, 6.45) is -0.444. The van der Waals surface area contributed by atoms with E-state index in [1.165, 1.54) is 0 Å². The van der Waals surface area contributed by atoms with Crippen molar-refractivity contribution in [3.8, 4) is 16.9 Å². The van der Waals surface area contributed by atoms with Gasteiger partial charge in [-0.15, -0.1) is 0 Å². The SMILES string of the molecule is CNc1cccc(-c2ccc3c(c2)NC(=O)C(C)O3)c1. The van der Waals surface area contributed by atoms with Gasteiger partial charge in [-0.05, 0) is 42.3 Å². The van der Waals surface area contributed by atoms with Gasteiger partial charge >= 0.3 is 0 Å². The minimum atomic E-state index is -0.444. The second kappa shape index (κ2) is 4.89. The average molecular weight is 268 g/mol. The van der Waals surface area contributed by atoms with Crippen LogP contribution in [-0.4, -0.2) is 19.1 Å². The number of rotatable bonds is 2. The molecule has 1 unspecified atom stereocenters. The highest BCUT2D eigenvalue weighted by Crippen LogP contribution is 2.34. The van der Waals surface area contributed by atoms with Crippen molar-refractivity contribution in [1.82, 2.24) is 0 Å². The number of ether oxygens (including phenoxy) is 1. The van der Waals surface area contributed by atoms with Gasteiger partial charge in [-0.3, -0.25) is 4.79 Å². The lowest BCUT2D eigenvalue weighted by Crippen LogP contribution is -2.34. The third kappa shape index (κ3) is 2.20. The zero-order valence-corrected chi connectivity index (χ0v) is 11.4. The van der Waals surface area contributed by atoms with E-state index in [0.717, 1.165) is 22.5 Å². The summed E-state index contributed by atoms with van der Waals surface area (Å²) < 4.78 is 5.56. The van der Waals surface area contributed by atoms with Crippen molar-refractivity contribution < 1.29 is 9.53 Å². The second-order valence-corrected chi connectivity index (χ2v) is 4.79. The van der Waals surface area contributed by atoms with E-state index in [1.807, 2.05) is 43.4 Å². The summed E-state index contributed by atoms with van der Waals surface area (Å²) in [5.41, 5.74) is 3.90. The number of nitrogens with one attached hydrogen (secondary N) is 2. The molecule has 0 aliphatic carbocycles. The van der Waals surface area contributed by atoms with E-state index >= 15 is 0 Å². The van der Waals surface area contributed by atoms with E-state index < -0.39 is 6.10 Å². The molecular weight excluding hydrogens is 252 g/mol. The van der Waals surface area contributed by atoms with Crippen LogP contribution < -0.4 is 15.4 Å². The molecule has 0 radical (unpaired) electrons. The van der Waals surface area contributed by atoms with Crippen LogP contribution in [0.4, 0.5) is 11.4 Å². The van der Waals surface area contributed by atoms with Crippen LogP contribution in [0.5, 0.6) is 5.75 Å². The van der Waals surface area contributed by atoms with Gasteiger partial charge in [0.25, 0.3) is 5.91 Å². The molecule has 20 heavy (non-hydrogen) atoms. The quantitative estimate of drug-likeness (QED) is 0.880. The highest BCUT2D eigenvalue weighted by atomic mass is 16.5. The lowest BCUT2D eigenvalue weighted by Gasteiger charge is -2.23. The summed E-state index contributed by atoms with van der Waals surface area (Å²) in [7, 11) is 1.89. The first kappa shape index (κ1) is 12.5. The molecule has 4 heteroatoms. The molecule has 1 aliphatic rings. The Bertz CT molecular complexity index is 667. The Morgan fingerprint density at radius 1 is 1.15 bits per heavy atom. The number of amides is 1. The first-order valence-electron chi connectivity index (χ1n) is 6.57. The Morgan fingerprint density at radius 3 is 2.75 bits per heavy atom. The zero-order chi connectivity index (χ0) is 14.1. The minimum Gasteiger partial charge on any atom is -0.479 e. The zero-order valence-electron chi connectivity index (χ0n) is 11.4. The molecule has 2 aromatic rings. The molecule has 1 aliphatic heterocycles. The van der Waals surface area contributed by atoms with Crippen LogP contribution in [0.25, 0.3) is 11.1 Å². The first-order valence-corrected chi connectivity index (χ1v) is 6.57. The molecular formula is C16H16N2O2. The van der Waals surface area contributed by atoms with Gasteiger partial charge in [-0.25, -0.2) is 0 Å². The van der Waals surface area contributed by atoms with Crippen molar-refractivity contribution in [3.63, 3.8) is 0 Å². The minimum absolute atomic E-state index is 0.112. The molecule has 0 aromatic heterocycles. The van der Waals surface area contributed by atoms with Crippen molar-refractivity contribution >= 4 is 17.3 Å². The van der Waals surface area contributed by atoms with Gasteiger partial charge in [0, 0.05) is 12.7 Å². The molecule has 0 spiro atoms. The van der Waals surface area contributed by atoms with Crippen molar-refractivity contribution in [1.29, 1.82) is 0 Å². The number of hydrogen-bond donors (Lipinski definition) is 2. The molecule has 0 saturated carbocycles. The summed E-state index contributed by atoms with van der Waals surface area (Å²) in [5.74, 6) is 0.601. The number of fused-ring (bicyclic) bond motifs is 1. The van der Waals surface area contributed by atoms with E-state index in [0.29, 0.717) is 5.75 Å². The third-order valence-corrected chi connectivity index (χ3v) is 3.39. The summed E-state index contributed by atoms with van der Waals surface area (Å²) in [6, 6.07) is 13.9. The predicted octanol–water partition coefficient (Wildman–Crippen LogP) is 3.11. The van der Waals surface area contributed by atoms with Crippen molar-refractivity contribution in [2.75, 3.05) is 17.7 Å². The van der Waals surface area contributed by atoms with Gasteiger partial charge in [0.05, 0.1) is 5.69 Å². The molecule has 2 N–H and O–H groups in total. The Morgan fingerprint density at radius 2 is 1.95 bits per heavy atom. The van der Waals surface area contributed by atoms with Crippen LogP contribution in [-0.2, 0) is 4.79 Å². The maximum atomic E-state index is 11.7. The van der Waals surface area contributed by atoms with Crippen LogP contribution in [0.3, 0.4) is 0 Å². The van der Waals surface area contributed by atoms with Gasteiger partial charge in [-0.1, -0.05) is 18.2 Å². The summed E-state index contributed by atoms with van der Waals surface area (Å²) in [4.78, 5) is 11.7. The summed E-state index contributed by atoms with van der Waals surface area (Å²) in [5, 5.41) is 5.99. The Kier molecular flexibility index (Phi) is 3.06.